The third-order valence-electron chi connectivity index (χ3n) is 25.6. The first-order valence-electron chi connectivity index (χ1n) is 45.1. The SMILES string of the molecule is CC(=O)N[C@H]1[C@H](O[C@@H]([C@H](O)[C@H](CO)NC(C)=O)[C@H](O)CO[C@@H]2O[C@@H](C)[C@@H](O)[C@@H](O)[C@@H]2O)O[C@H](CO)[C@@H](O[C@@H]2O[C@H](CO[C@H]3O[C@H](CO)[C@@H](O)[C@H](O)[C@@H]3O[C@@H]3O[C@H](CO)[C@@H](O)[C@H](O[C@@H]4O[C@H](CO)[C@H](O)[C@H](O[C@]5(C(=O)O)C[C@H](O)[C@@H](NC(C)=O)[C@H]([C@H](O)[C@H](O)CO)O5)[C@H]4O)[C@H]3NC(C)=O)[C@@H](O)[C@H](O[C@H]3O[C@H](CO)[C@@H](O)[C@H](O)[C@@H]3O[C@@H]3O[C@H](CO)[C@@H](O)[C@H](O[C@@H]4O[C@H](CO)[C@H](O)[C@H](O)[C@H]4O)[C@H]3NC(C)=O)[C@@H]2O)[C@@H]1O. The summed E-state index contributed by atoms with van der Waals surface area (Å²) in [4.78, 5) is 78.3. The zero-order valence-corrected chi connectivity index (χ0v) is 76.6. The highest BCUT2D eigenvalue weighted by atomic mass is 16.8. The Hall–Kier alpha value is -5.22. The van der Waals surface area contributed by atoms with E-state index in [0.29, 0.717) is 0 Å². The van der Waals surface area contributed by atoms with Crippen LogP contribution in [0.25, 0.3) is 0 Å². The first-order chi connectivity index (χ1) is 66.9. The number of carbonyl (C=O) groups excluding carboxylic acids is 5. The molecule has 0 aromatic heterocycles. The summed E-state index contributed by atoms with van der Waals surface area (Å²) < 4.78 is 119. The van der Waals surface area contributed by atoms with Crippen LogP contribution in [0.2, 0.25) is 0 Å². The Labute approximate surface area is 804 Å². The van der Waals surface area contributed by atoms with Gasteiger partial charge in [-0.05, 0) is 6.92 Å². The van der Waals surface area contributed by atoms with Gasteiger partial charge < -0.3 is 285 Å². The molecule has 10 heterocycles. The van der Waals surface area contributed by atoms with Gasteiger partial charge in [-0.3, -0.25) is 24.0 Å². The van der Waals surface area contributed by atoms with E-state index in [2.05, 4.69) is 26.6 Å². The van der Waals surface area contributed by atoms with Crippen molar-refractivity contribution < 1.29 is 287 Å². The number of hydrogen-bond acceptors (Lipinski definition) is 57. The lowest BCUT2D eigenvalue weighted by atomic mass is 9.88. The molecular weight excluding hydrogens is 1950 g/mol. The van der Waals surface area contributed by atoms with Crippen molar-refractivity contribution in [3.63, 3.8) is 0 Å². The largest absolute Gasteiger partial charge is 0.477 e. The minimum Gasteiger partial charge on any atom is -0.477 e. The maximum Gasteiger partial charge on any atom is 0.364 e. The number of rotatable bonds is 42. The van der Waals surface area contributed by atoms with Gasteiger partial charge in [0, 0.05) is 41.0 Å². The van der Waals surface area contributed by atoms with Gasteiger partial charge in [-0.25, -0.2) is 4.79 Å². The van der Waals surface area contributed by atoms with Gasteiger partial charge in [-0.15, -0.1) is 0 Å². The second-order valence-corrected chi connectivity index (χ2v) is 35.7. The van der Waals surface area contributed by atoms with Gasteiger partial charge in [0.25, 0.3) is 5.79 Å². The molecule has 0 aromatic rings. The van der Waals surface area contributed by atoms with Gasteiger partial charge in [-0.1, -0.05) is 0 Å². The van der Waals surface area contributed by atoms with Gasteiger partial charge in [0.05, 0.1) is 97.0 Å². The molecule has 10 saturated heterocycles. The number of nitrogens with one attached hydrogen (secondary N) is 5. The molecule has 0 unspecified atom stereocenters. The van der Waals surface area contributed by atoms with E-state index < -0.39 is 451 Å². The van der Waals surface area contributed by atoms with Gasteiger partial charge in [-0.2, -0.15) is 0 Å². The predicted molar refractivity (Wildman–Crippen MR) is 438 cm³/mol. The molecule has 0 bridgehead atoms. The van der Waals surface area contributed by atoms with Crippen LogP contribution in [0.15, 0.2) is 0 Å². The van der Waals surface area contributed by atoms with Crippen molar-refractivity contribution in [2.24, 2.45) is 0 Å². The molecule has 5 amide bonds. The van der Waals surface area contributed by atoms with Crippen LogP contribution in [0.1, 0.15) is 48.0 Å². The van der Waals surface area contributed by atoms with Crippen molar-refractivity contribution in [3.8, 4) is 0 Å². The molecular formula is C79H133N5O58. The van der Waals surface area contributed by atoms with Crippen LogP contribution in [-0.2, 0) is 124 Å². The highest BCUT2D eigenvalue weighted by Gasteiger charge is 2.65. The molecule has 0 aliphatic carbocycles. The summed E-state index contributed by atoms with van der Waals surface area (Å²) in [5, 5.41) is 372. The van der Waals surface area contributed by atoms with Crippen LogP contribution < -0.4 is 26.6 Å². The number of aliphatic hydroxyl groups is 31. The third kappa shape index (κ3) is 26.8. The maximum atomic E-state index is 13.5. The minimum absolute atomic E-state index is 0.837. The van der Waals surface area contributed by atoms with Gasteiger partial charge in [0.1, 0.15) is 250 Å². The summed E-state index contributed by atoms with van der Waals surface area (Å²) >= 11 is 0. The summed E-state index contributed by atoms with van der Waals surface area (Å²) in [6, 6.07) is -9.96. The second-order valence-electron chi connectivity index (χ2n) is 35.7. The van der Waals surface area contributed by atoms with Gasteiger partial charge in [0.2, 0.25) is 29.5 Å². The summed E-state index contributed by atoms with van der Waals surface area (Å²) in [6.07, 6.45) is -112. The molecule has 63 heteroatoms. The first-order valence-corrected chi connectivity index (χ1v) is 45.1. The Bertz CT molecular complexity index is 3950. The molecule has 37 N–H and O–H groups in total. The van der Waals surface area contributed by atoms with E-state index in [0.717, 1.165) is 34.6 Å². The Morgan fingerprint density at radius 2 is 0.718 bits per heavy atom. The number of carboxylic acid groups (broad SMARTS) is 1. The zero-order valence-electron chi connectivity index (χ0n) is 76.6. The minimum atomic E-state index is -3.38. The van der Waals surface area contributed by atoms with Crippen molar-refractivity contribution in [1.82, 2.24) is 26.6 Å². The van der Waals surface area contributed by atoms with E-state index in [1.807, 2.05) is 0 Å². The van der Waals surface area contributed by atoms with Crippen LogP contribution in [0.4, 0.5) is 0 Å². The number of carboxylic acids is 1. The number of aliphatic hydroxyl groups excluding tert-OH is 31. The Morgan fingerprint density at radius 3 is 1.19 bits per heavy atom. The molecule has 822 valence electrons. The summed E-state index contributed by atoms with van der Waals surface area (Å²) in [5.41, 5.74) is 0. The number of hydrogen-bond donors (Lipinski definition) is 37. The van der Waals surface area contributed by atoms with E-state index in [4.69, 9.17) is 94.7 Å². The topological polar surface area (TPSA) is 995 Å². The smallest absolute Gasteiger partial charge is 0.364 e. The summed E-state index contributed by atoms with van der Waals surface area (Å²) in [7, 11) is 0. The van der Waals surface area contributed by atoms with Crippen molar-refractivity contribution in [3.05, 3.63) is 0 Å². The third-order valence-corrected chi connectivity index (χ3v) is 25.6. The van der Waals surface area contributed by atoms with Crippen LogP contribution in [-0.4, -0.2) is 608 Å². The van der Waals surface area contributed by atoms with E-state index >= 15 is 0 Å². The van der Waals surface area contributed by atoms with Crippen LogP contribution in [0.3, 0.4) is 0 Å². The van der Waals surface area contributed by atoms with E-state index in [1.54, 1.807) is 0 Å². The monoisotopic (exact) mass is 2080 g/mol. The standard InChI is InChI=1S/C79H133N5O58/c1-19-41(102)52(113)56(117)72(125-19)123-17-28(101)60(42(103)25(8-85)80-20(2)94)134-69-38(82-22(4)96)51(112)61(35(16-93)132-69)135-74-58(119)65(138-77-68(55(116)46(107)31(12-89)131-77)140-71-39(83-23(5)97)62(47(108)32(13-90)127-71)136-73-57(118)53(114)44(105)29(10-87)128-73)50(111)36(133-74)18-124-76-67(54(115)45(106)30(11-88)130-76)139-70-40(84-24(6)98)63(48(109)33(14-91)126-70)137-75-59(120)66(49(110)34(15-92)129-75)142-79(78(121)122)7-26(99)37(81-21(3)95)64(141-79)43(104)27(100)9-86/h19,25-77,85-93,99-120H,7-18H2,1-6H3,(H,80,94)(H,81,95)(H,82,96)(H,83,97)(H,84,98)(H,121,122)/t19-,25-,26-,27+,28+,29+,30+,31+,32+,33+,34+,35+,36+,37+,38+,39+,40+,41+,42+,43+,44-,45+,46+,47+,48+,49-,50+,51+,52+,53-,54-,55-,56-,57+,58-,59+,60+,61+,62+,63+,64+,65-,66-,67-,68-,69-,70-,71-,72+,73-,74-,75-,76-,77+,79-/m0/s1. The van der Waals surface area contributed by atoms with Crippen molar-refractivity contribution >= 4 is 35.5 Å². The quantitative estimate of drug-likeness (QED) is 0.0270. The average Bonchev–Trinajstić information content (AvgIpc) is 0.751. The number of ether oxygens (including phenoxy) is 20. The summed E-state index contributed by atoms with van der Waals surface area (Å²) in [6.45, 7) is -7.85. The summed E-state index contributed by atoms with van der Waals surface area (Å²) in [5.74, 6) is -10.6. The van der Waals surface area contributed by atoms with Crippen molar-refractivity contribution in [1.29, 1.82) is 0 Å². The molecule has 10 aliphatic rings. The fourth-order valence-electron chi connectivity index (χ4n) is 18.0. The molecule has 0 radical (unpaired) electrons. The van der Waals surface area contributed by atoms with Gasteiger partial charge in [0.15, 0.2) is 56.6 Å². The highest BCUT2D eigenvalue weighted by molar-refractivity contribution is 5.77. The molecule has 0 spiro atoms. The molecule has 0 saturated carbocycles. The average molecular weight is 2080 g/mol. The van der Waals surface area contributed by atoms with Crippen LogP contribution >= 0.6 is 0 Å². The number of carbonyl (C=O) groups is 6. The fourth-order valence-corrected chi connectivity index (χ4v) is 18.0. The normalized spacial score (nSPS) is 45.7. The molecule has 63 nitrogen and oxygen atoms in total. The zero-order chi connectivity index (χ0) is 105. The molecule has 10 rings (SSSR count). The molecule has 10 aliphatic heterocycles. The second kappa shape index (κ2) is 52.0. The Balaban J connectivity index is 1.01. The fraction of sp³-hybridized carbons (Fsp3) is 0.924. The molecule has 10 fully saturated rings. The van der Waals surface area contributed by atoms with E-state index in [-0.39, 0.29) is 0 Å². The lowest BCUT2D eigenvalue weighted by Gasteiger charge is -2.51. The first kappa shape index (κ1) is 119. The van der Waals surface area contributed by atoms with Crippen LogP contribution in [0, 0.1) is 0 Å². The Morgan fingerprint density at radius 1 is 0.338 bits per heavy atom. The highest BCUT2D eigenvalue weighted by Crippen LogP contribution is 2.43. The van der Waals surface area contributed by atoms with Crippen molar-refractivity contribution in [2.45, 2.75) is 385 Å². The van der Waals surface area contributed by atoms with Crippen LogP contribution in [0.5, 0.6) is 0 Å². The lowest BCUT2D eigenvalue weighted by Crippen LogP contribution is -2.71. The van der Waals surface area contributed by atoms with Crippen molar-refractivity contribution in [2.75, 3.05) is 72.7 Å². The maximum absolute atomic E-state index is 13.5. The van der Waals surface area contributed by atoms with Gasteiger partial charge >= 0.3 is 5.97 Å². The molecule has 55 atom stereocenters. The number of aliphatic carboxylic acids is 1. The number of amides is 5. The van der Waals surface area contributed by atoms with E-state index in [1.165, 1.54) is 6.92 Å². The Kier molecular flexibility index (Phi) is 43.5. The molecule has 142 heavy (non-hydrogen) atoms. The predicted octanol–water partition coefficient (Wildman–Crippen LogP) is -24.4. The van der Waals surface area contributed by atoms with E-state index in [9.17, 15) is 192 Å². The molecule has 0 aromatic carbocycles. The lowest BCUT2D eigenvalue weighted by molar-refractivity contribution is -0.399.